The zero-order chi connectivity index (χ0) is 33.7. The van der Waals surface area contributed by atoms with Crippen LogP contribution in [0.3, 0.4) is 0 Å². The van der Waals surface area contributed by atoms with Gasteiger partial charge in [0, 0.05) is 13.5 Å². The molecular weight excluding hydrogens is 620 g/mol. The van der Waals surface area contributed by atoms with Gasteiger partial charge in [0.25, 0.3) is 0 Å². The van der Waals surface area contributed by atoms with Crippen molar-refractivity contribution in [2.24, 2.45) is 0 Å². The smallest absolute Gasteiger partial charge is 0.186 e. The van der Waals surface area contributed by atoms with Crippen LogP contribution in [0.1, 0.15) is 42.0 Å². The molecule has 4 aromatic carbocycles. The first kappa shape index (κ1) is 35.4. The van der Waals surface area contributed by atoms with Gasteiger partial charge < -0.3 is 37.9 Å². The van der Waals surface area contributed by atoms with Crippen molar-refractivity contribution >= 4 is 0 Å². The predicted octanol–water partition coefficient (Wildman–Crippen LogP) is 7.24. The van der Waals surface area contributed by atoms with Crippen LogP contribution in [0.4, 0.5) is 0 Å². The van der Waals surface area contributed by atoms with Crippen molar-refractivity contribution in [3.05, 3.63) is 144 Å². The van der Waals surface area contributed by atoms with E-state index >= 15 is 0 Å². The summed E-state index contributed by atoms with van der Waals surface area (Å²) in [6, 6.07) is 40.5. The Morgan fingerprint density at radius 3 is 1.55 bits per heavy atom. The maximum Gasteiger partial charge on any atom is 0.186 e. The molecule has 8 atom stereocenters. The average molecular weight is 669 g/mol. The van der Waals surface area contributed by atoms with Gasteiger partial charge in [-0.3, -0.25) is 0 Å². The van der Waals surface area contributed by atoms with Gasteiger partial charge in [0.05, 0.1) is 45.2 Å². The lowest BCUT2D eigenvalue weighted by Gasteiger charge is -2.47. The van der Waals surface area contributed by atoms with Gasteiger partial charge in [-0.1, -0.05) is 121 Å². The molecule has 2 fully saturated rings. The minimum Gasteiger partial charge on any atom is -0.374 e. The Labute approximate surface area is 290 Å². The molecule has 8 nitrogen and oxygen atoms in total. The maximum atomic E-state index is 6.75. The molecule has 2 heterocycles. The number of ether oxygens (including phenoxy) is 8. The second-order valence-corrected chi connectivity index (χ2v) is 12.6. The quantitative estimate of drug-likeness (QED) is 0.124. The molecule has 260 valence electrons. The van der Waals surface area contributed by atoms with Crippen molar-refractivity contribution in [1.82, 2.24) is 0 Å². The molecule has 0 N–H and O–H groups in total. The maximum absolute atomic E-state index is 6.75. The summed E-state index contributed by atoms with van der Waals surface area (Å²) in [7, 11) is 1.63. The van der Waals surface area contributed by atoms with Gasteiger partial charge in [0.2, 0.25) is 0 Å². The molecule has 6 rings (SSSR count). The predicted molar refractivity (Wildman–Crippen MR) is 185 cm³/mol. The summed E-state index contributed by atoms with van der Waals surface area (Å²) >= 11 is 0. The molecule has 8 heteroatoms. The van der Waals surface area contributed by atoms with E-state index in [0.29, 0.717) is 32.8 Å². The van der Waals surface area contributed by atoms with E-state index < -0.39 is 37.0 Å². The van der Waals surface area contributed by atoms with Crippen LogP contribution in [0.15, 0.2) is 121 Å². The summed E-state index contributed by atoms with van der Waals surface area (Å²) < 4.78 is 51.6. The standard InChI is InChI=1S/C41H48O8/c1-30-35(44-26-32-17-9-4-10-18-32)23-24-37(47-30)49-40-39(46-28-34-21-13-6-14-22-34)38(45-27-33-19-11-5-12-20-33)36(48-41(40)42-2)29-43-25-31-15-7-3-8-16-31/h3-22,30,35-41H,23-29H2,1-2H3/t30-,35+,36+,37?,38+,39-,40+,41-/m0/s1. The van der Waals surface area contributed by atoms with Crippen LogP contribution >= 0.6 is 0 Å². The Balaban J connectivity index is 1.19. The fourth-order valence-electron chi connectivity index (χ4n) is 6.34. The van der Waals surface area contributed by atoms with Gasteiger partial charge in [-0.05, 0) is 35.6 Å². The lowest BCUT2D eigenvalue weighted by molar-refractivity contribution is -0.352. The third-order valence-corrected chi connectivity index (χ3v) is 8.98. The first-order valence-corrected chi connectivity index (χ1v) is 17.2. The SMILES string of the molecule is CO[C@H]1O[C@H](COCc2ccccc2)[C@@H](OCc2ccccc2)[C@H](OCc2ccccc2)[C@H]1OC1CC[C@@H](OCc2ccccc2)[C@H](C)O1. The molecule has 2 saturated heterocycles. The third-order valence-electron chi connectivity index (χ3n) is 8.98. The van der Waals surface area contributed by atoms with Gasteiger partial charge >= 0.3 is 0 Å². The van der Waals surface area contributed by atoms with Crippen LogP contribution in [0.25, 0.3) is 0 Å². The molecule has 2 aliphatic heterocycles. The zero-order valence-electron chi connectivity index (χ0n) is 28.4. The Morgan fingerprint density at radius 2 is 1.04 bits per heavy atom. The van der Waals surface area contributed by atoms with E-state index in [1.54, 1.807) is 7.11 Å². The Morgan fingerprint density at radius 1 is 0.551 bits per heavy atom. The van der Waals surface area contributed by atoms with Crippen molar-refractivity contribution in [1.29, 1.82) is 0 Å². The zero-order valence-corrected chi connectivity index (χ0v) is 28.4. The molecule has 0 spiro atoms. The molecule has 0 bridgehead atoms. The topological polar surface area (TPSA) is 73.8 Å². The Hall–Kier alpha value is -3.44. The number of hydrogen-bond donors (Lipinski definition) is 0. The number of hydrogen-bond acceptors (Lipinski definition) is 8. The van der Waals surface area contributed by atoms with Gasteiger partial charge in [0.1, 0.15) is 24.4 Å². The van der Waals surface area contributed by atoms with Crippen LogP contribution in [-0.2, 0) is 64.3 Å². The minimum absolute atomic E-state index is 0.0425. The van der Waals surface area contributed by atoms with Crippen molar-refractivity contribution in [3.8, 4) is 0 Å². The molecule has 4 aromatic rings. The summed E-state index contributed by atoms with van der Waals surface area (Å²) in [5.74, 6) is 0. The first-order valence-electron chi connectivity index (χ1n) is 17.2. The van der Waals surface area contributed by atoms with E-state index in [4.69, 9.17) is 37.9 Å². The lowest BCUT2D eigenvalue weighted by Crippen LogP contribution is -2.62. The van der Waals surface area contributed by atoms with Crippen molar-refractivity contribution < 1.29 is 37.9 Å². The summed E-state index contributed by atoms with van der Waals surface area (Å²) in [6.45, 7) is 4.03. The van der Waals surface area contributed by atoms with Crippen LogP contribution in [0, 0.1) is 0 Å². The molecule has 0 radical (unpaired) electrons. The largest absolute Gasteiger partial charge is 0.374 e. The molecule has 49 heavy (non-hydrogen) atoms. The number of methoxy groups -OCH3 is 1. The lowest BCUT2D eigenvalue weighted by atomic mass is 9.97. The first-order chi connectivity index (χ1) is 24.2. The Kier molecular flexibility index (Phi) is 13.4. The molecule has 1 unspecified atom stereocenters. The van der Waals surface area contributed by atoms with E-state index in [9.17, 15) is 0 Å². The van der Waals surface area contributed by atoms with Gasteiger partial charge in [-0.25, -0.2) is 0 Å². The fourth-order valence-corrected chi connectivity index (χ4v) is 6.34. The van der Waals surface area contributed by atoms with Crippen molar-refractivity contribution in [2.75, 3.05) is 13.7 Å². The summed E-state index contributed by atoms with van der Waals surface area (Å²) in [5.41, 5.74) is 4.31. The van der Waals surface area contributed by atoms with E-state index in [0.717, 1.165) is 28.7 Å². The Bertz CT molecular complexity index is 1470. The second kappa shape index (κ2) is 18.5. The molecule has 0 amide bonds. The highest BCUT2D eigenvalue weighted by Crippen LogP contribution is 2.34. The van der Waals surface area contributed by atoms with Crippen LogP contribution in [0.5, 0.6) is 0 Å². The van der Waals surface area contributed by atoms with Gasteiger partial charge in [-0.15, -0.1) is 0 Å². The van der Waals surface area contributed by atoms with E-state index in [-0.39, 0.29) is 18.8 Å². The van der Waals surface area contributed by atoms with Gasteiger partial charge in [-0.2, -0.15) is 0 Å². The molecule has 0 aliphatic carbocycles. The highest BCUT2D eigenvalue weighted by Gasteiger charge is 2.50. The minimum atomic E-state index is -0.742. The summed E-state index contributed by atoms with van der Waals surface area (Å²) in [6.07, 6.45) is -2.21. The highest BCUT2D eigenvalue weighted by atomic mass is 16.8. The monoisotopic (exact) mass is 668 g/mol. The van der Waals surface area contributed by atoms with Gasteiger partial charge in [0.15, 0.2) is 12.6 Å². The number of benzene rings is 4. The number of rotatable bonds is 16. The van der Waals surface area contributed by atoms with Crippen LogP contribution < -0.4 is 0 Å². The van der Waals surface area contributed by atoms with Crippen LogP contribution in [-0.4, -0.2) is 62.9 Å². The van der Waals surface area contributed by atoms with Crippen LogP contribution in [0.2, 0.25) is 0 Å². The normalized spacial score (nSPS) is 27.1. The highest BCUT2D eigenvalue weighted by molar-refractivity contribution is 5.16. The third kappa shape index (κ3) is 10.3. The fraction of sp³-hybridized carbons (Fsp3) is 0.415. The average Bonchev–Trinajstić information content (AvgIpc) is 3.15. The summed E-state index contributed by atoms with van der Waals surface area (Å²) in [5, 5.41) is 0. The summed E-state index contributed by atoms with van der Waals surface area (Å²) in [4.78, 5) is 0. The molecular formula is C41H48O8. The molecule has 0 aromatic heterocycles. The molecule has 0 saturated carbocycles. The molecule has 2 aliphatic rings. The van der Waals surface area contributed by atoms with Crippen molar-refractivity contribution in [3.63, 3.8) is 0 Å². The second-order valence-electron chi connectivity index (χ2n) is 12.6. The van der Waals surface area contributed by atoms with E-state index in [2.05, 4.69) is 12.1 Å². The van der Waals surface area contributed by atoms with Crippen molar-refractivity contribution in [2.45, 2.75) is 95.4 Å². The van der Waals surface area contributed by atoms with E-state index in [1.807, 2.05) is 116 Å². The van der Waals surface area contributed by atoms with E-state index in [1.165, 1.54) is 0 Å².